The molecule has 2 aliphatic rings. The molecule has 0 unspecified atom stereocenters. The molecule has 1 heterocycles. The summed E-state index contributed by atoms with van der Waals surface area (Å²) in [7, 11) is -3.79. The first-order valence-corrected chi connectivity index (χ1v) is 9.00. The van der Waals surface area contributed by atoms with Crippen molar-refractivity contribution in [2.24, 2.45) is 5.41 Å². The lowest BCUT2D eigenvalue weighted by molar-refractivity contribution is -0.129. The van der Waals surface area contributed by atoms with Gasteiger partial charge >= 0.3 is 0 Å². The van der Waals surface area contributed by atoms with Gasteiger partial charge in [-0.2, -0.15) is 0 Å². The Morgan fingerprint density at radius 3 is 2.35 bits per heavy atom. The highest BCUT2D eigenvalue weighted by Crippen LogP contribution is 2.30. The molecule has 0 fully saturated rings. The molecule has 0 atom stereocenters. The van der Waals surface area contributed by atoms with Gasteiger partial charge in [0.05, 0.1) is 11.4 Å². The van der Waals surface area contributed by atoms with Crippen LogP contribution in [-0.4, -0.2) is 38.2 Å². The van der Waals surface area contributed by atoms with Gasteiger partial charge in [0.1, 0.15) is 10.6 Å². The van der Waals surface area contributed by atoms with Crippen LogP contribution in [-0.2, 0) is 24.2 Å². The third-order valence-corrected chi connectivity index (χ3v) is 5.47. The van der Waals surface area contributed by atoms with Gasteiger partial charge in [-0.3, -0.25) is 14.4 Å². The molecule has 2 rings (SSSR count). The minimum atomic E-state index is -3.79. The molecule has 0 aromatic carbocycles. The van der Waals surface area contributed by atoms with E-state index < -0.39 is 37.6 Å². The SMILES string of the molecule is CCC1=C(NC(=O)C(C)(C)C)C(=O)C2=C(C1=O)S(=O)(=O)CCN2. The molecule has 1 amide bonds. The number of nitrogens with one attached hydrogen (secondary N) is 2. The average Bonchev–Trinajstić information content (AvgIpc) is 2.42. The minimum Gasteiger partial charge on any atom is -0.380 e. The number of carbonyl (C=O) groups excluding carboxylic acids is 3. The van der Waals surface area contributed by atoms with Gasteiger partial charge in [-0.1, -0.05) is 27.7 Å². The third-order valence-electron chi connectivity index (χ3n) is 3.72. The number of allylic oxidation sites excluding steroid dienone is 2. The fourth-order valence-corrected chi connectivity index (χ4v) is 3.83. The van der Waals surface area contributed by atoms with Crippen molar-refractivity contribution in [3.8, 4) is 0 Å². The first kappa shape index (κ1) is 17.4. The minimum absolute atomic E-state index is 0.0265. The molecule has 0 aromatic heterocycles. The number of carbonyl (C=O) groups is 3. The molecule has 1 aliphatic carbocycles. The summed E-state index contributed by atoms with van der Waals surface area (Å²) in [5, 5.41) is 5.19. The van der Waals surface area contributed by atoms with Gasteiger partial charge in [0.15, 0.2) is 9.84 Å². The van der Waals surface area contributed by atoms with Crippen molar-refractivity contribution < 1.29 is 22.8 Å². The molecule has 8 heteroatoms. The zero-order valence-electron chi connectivity index (χ0n) is 13.6. The van der Waals surface area contributed by atoms with E-state index in [-0.39, 0.29) is 35.7 Å². The van der Waals surface area contributed by atoms with E-state index in [1.165, 1.54) is 0 Å². The van der Waals surface area contributed by atoms with Crippen molar-refractivity contribution in [2.75, 3.05) is 12.3 Å². The Morgan fingerprint density at radius 1 is 1.22 bits per heavy atom. The molecule has 0 radical (unpaired) electrons. The highest BCUT2D eigenvalue weighted by atomic mass is 32.2. The summed E-state index contributed by atoms with van der Waals surface area (Å²) in [6, 6.07) is 0. The third kappa shape index (κ3) is 2.95. The number of hydrogen-bond donors (Lipinski definition) is 2. The largest absolute Gasteiger partial charge is 0.380 e. The molecule has 0 bridgehead atoms. The van der Waals surface area contributed by atoms with Crippen molar-refractivity contribution >= 4 is 27.3 Å². The molecule has 0 saturated heterocycles. The lowest BCUT2D eigenvalue weighted by Crippen LogP contribution is -2.46. The lowest BCUT2D eigenvalue weighted by Gasteiger charge is -2.28. The quantitative estimate of drug-likeness (QED) is 0.695. The number of rotatable bonds is 2. The molecule has 0 saturated carbocycles. The van der Waals surface area contributed by atoms with Gasteiger partial charge in [0.25, 0.3) is 0 Å². The van der Waals surface area contributed by atoms with E-state index in [2.05, 4.69) is 10.6 Å². The van der Waals surface area contributed by atoms with Crippen LogP contribution in [0, 0.1) is 5.41 Å². The Kier molecular flexibility index (Phi) is 4.23. The molecule has 0 spiro atoms. The first-order valence-electron chi connectivity index (χ1n) is 7.35. The lowest BCUT2D eigenvalue weighted by atomic mass is 9.92. The van der Waals surface area contributed by atoms with Crippen LogP contribution in [0.4, 0.5) is 0 Å². The standard InChI is InChI=1S/C15H20N2O5S/c1-5-8-9(17-14(20)15(2,3)4)12(19)10-13(11(8)18)23(21,22)7-6-16-10/h16H,5-7H2,1-4H3,(H,17,20). The fourth-order valence-electron chi connectivity index (χ4n) is 2.37. The maximum absolute atomic E-state index is 12.6. The Labute approximate surface area is 135 Å². The van der Waals surface area contributed by atoms with E-state index in [9.17, 15) is 22.8 Å². The first-order chi connectivity index (χ1) is 10.5. The van der Waals surface area contributed by atoms with Crippen LogP contribution in [0.2, 0.25) is 0 Å². The topological polar surface area (TPSA) is 109 Å². The Morgan fingerprint density at radius 2 is 1.83 bits per heavy atom. The molecule has 0 aromatic rings. The number of ketones is 2. The molecule has 2 N–H and O–H groups in total. The van der Waals surface area contributed by atoms with E-state index in [1.807, 2.05) is 0 Å². The van der Waals surface area contributed by atoms with Gasteiger partial charge in [-0.15, -0.1) is 0 Å². The smallest absolute Gasteiger partial charge is 0.229 e. The maximum Gasteiger partial charge on any atom is 0.229 e. The van der Waals surface area contributed by atoms with E-state index in [0.717, 1.165) is 0 Å². The second kappa shape index (κ2) is 5.59. The molecule has 7 nitrogen and oxygen atoms in total. The summed E-state index contributed by atoms with van der Waals surface area (Å²) in [4.78, 5) is 36.9. The molecular weight excluding hydrogens is 320 g/mol. The zero-order valence-corrected chi connectivity index (χ0v) is 14.4. The number of amides is 1. The summed E-state index contributed by atoms with van der Waals surface area (Å²) in [6.45, 7) is 6.73. The summed E-state index contributed by atoms with van der Waals surface area (Å²) >= 11 is 0. The monoisotopic (exact) mass is 340 g/mol. The van der Waals surface area contributed by atoms with Crippen molar-refractivity contribution in [3.63, 3.8) is 0 Å². The summed E-state index contributed by atoms with van der Waals surface area (Å²) < 4.78 is 24.3. The van der Waals surface area contributed by atoms with E-state index in [0.29, 0.717) is 0 Å². The normalized spacial score (nSPS) is 21.0. The Balaban J connectivity index is 2.55. The highest BCUT2D eigenvalue weighted by molar-refractivity contribution is 7.96. The second-order valence-corrected chi connectivity index (χ2v) is 8.57. The van der Waals surface area contributed by atoms with Crippen LogP contribution in [0.25, 0.3) is 0 Å². The van der Waals surface area contributed by atoms with Gasteiger partial charge in [-0.25, -0.2) is 8.42 Å². The van der Waals surface area contributed by atoms with Crippen molar-refractivity contribution in [1.82, 2.24) is 10.6 Å². The average molecular weight is 340 g/mol. The van der Waals surface area contributed by atoms with Crippen molar-refractivity contribution in [3.05, 3.63) is 21.9 Å². The Bertz CT molecular complexity index is 766. The number of hydrogen-bond acceptors (Lipinski definition) is 6. The second-order valence-electron chi connectivity index (χ2n) is 6.52. The van der Waals surface area contributed by atoms with Crippen LogP contribution < -0.4 is 10.6 Å². The maximum atomic E-state index is 12.6. The zero-order chi connectivity index (χ0) is 17.6. The van der Waals surface area contributed by atoms with Crippen molar-refractivity contribution in [1.29, 1.82) is 0 Å². The molecule has 23 heavy (non-hydrogen) atoms. The number of Topliss-reactive ketones (excluding diaryl/α,β-unsaturated/α-hetero) is 2. The Hall–Kier alpha value is -1.96. The molecular formula is C15H20N2O5S. The molecule has 1 aliphatic heterocycles. The van der Waals surface area contributed by atoms with Crippen LogP contribution >= 0.6 is 0 Å². The van der Waals surface area contributed by atoms with Gasteiger partial charge in [-0.05, 0) is 6.42 Å². The highest BCUT2D eigenvalue weighted by Gasteiger charge is 2.43. The van der Waals surface area contributed by atoms with E-state index in [1.54, 1.807) is 27.7 Å². The fraction of sp³-hybridized carbons (Fsp3) is 0.533. The summed E-state index contributed by atoms with van der Waals surface area (Å²) in [5.74, 6) is -2.01. The molecule has 126 valence electrons. The van der Waals surface area contributed by atoms with Crippen LogP contribution in [0.3, 0.4) is 0 Å². The van der Waals surface area contributed by atoms with Crippen LogP contribution in [0.15, 0.2) is 21.9 Å². The van der Waals surface area contributed by atoms with E-state index >= 15 is 0 Å². The summed E-state index contributed by atoms with van der Waals surface area (Å²) in [5.41, 5.74) is -1.09. The summed E-state index contributed by atoms with van der Waals surface area (Å²) in [6.07, 6.45) is 0.149. The van der Waals surface area contributed by atoms with Gasteiger partial charge in [0.2, 0.25) is 17.5 Å². The number of sulfone groups is 1. The predicted molar refractivity (Wildman–Crippen MR) is 83.7 cm³/mol. The van der Waals surface area contributed by atoms with Crippen LogP contribution in [0.1, 0.15) is 34.1 Å². The van der Waals surface area contributed by atoms with Crippen molar-refractivity contribution in [2.45, 2.75) is 34.1 Å². The predicted octanol–water partition coefficient (Wildman–Crippen LogP) is 0.194. The van der Waals surface area contributed by atoms with Gasteiger partial charge in [0, 0.05) is 17.5 Å². The van der Waals surface area contributed by atoms with E-state index in [4.69, 9.17) is 0 Å². The van der Waals surface area contributed by atoms with Crippen LogP contribution in [0.5, 0.6) is 0 Å². The van der Waals surface area contributed by atoms with Gasteiger partial charge < -0.3 is 10.6 Å².